The van der Waals surface area contributed by atoms with Gasteiger partial charge in [-0.3, -0.25) is 4.79 Å². The number of carbonyl (C=O) groups excluding carboxylic acids is 1. The maximum Gasteiger partial charge on any atom is 0.260 e. The second-order valence-corrected chi connectivity index (χ2v) is 5.50. The van der Waals surface area contributed by atoms with Gasteiger partial charge in [-0.2, -0.15) is 0 Å². The van der Waals surface area contributed by atoms with Gasteiger partial charge in [-0.05, 0) is 44.2 Å². The highest BCUT2D eigenvalue weighted by Crippen LogP contribution is 2.23. The highest BCUT2D eigenvalue weighted by Gasteiger charge is 2.22. The van der Waals surface area contributed by atoms with Gasteiger partial charge in [0.25, 0.3) is 5.91 Å². The van der Waals surface area contributed by atoms with Gasteiger partial charge in [-0.1, -0.05) is 24.6 Å². The molecule has 20 heavy (non-hydrogen) atoms. The molecular formula is C16H23NO3. The summed E-state index contributed by atoms with van der Waals surface area (Å²) in [5.41, 5.74) is 0. The van der Waals surface area contributed by atoms with Crippen LogP contribution in [-0.4, -0.2) is 29.8 Å². The summed E-state index contributed by atoms with van der Waals surface area (Å²) in [5, 5.41) is 12.5. The molecule has 1 aromatic rings. The Kier molecular flexibility index (Phi) is 5.41. The number of nitrogens with one attached hydrogen (secondary N) is 1. The molecule has 4 nitrogen and oxygen atoms in total. The van der Waals surface area contributed by atoms with Crippen molar-refractivity contribution in [2.45, 2.75) is 44.8 Å². The molecule has 0 spiro atoms. The number of amides is 1. The van der Waals surface area contributed by atoms with Gasteiger partial charge in [-0.25, -0.2) is 0 Å². The van der Waals surface area contributed by atoms with Crippen molar-refractivity contribution in [3.63, 3.8) is 0 Å². The number of aliphatic hydroxyl groups excluding tert-OH is 1. The molecule has 1 amide bonds. The summed E-state index contributed by atoms with van der Waals surface area (Å²) in [6, 6.07) is 9.33. The lowest BCUT2D eigenvalue weighted by atomic mass is 9.87. The van der Waals surface area contributed by atoms with Gasteiger partial charge >= 0.3 is 0 Å². The molecule has 1 aliphatic rings. The van der Waals surface area contributed by atoms with Crippen LogP contribution in [0.4, 0.5) is 0 Å². The number of aliphatic hydroxyl groups is 1. The molecule has 1 saturated carbocycles. The minimum atomic E-state index is -0.508. The highest BCUT2D eigenvalue weighted by atomic mass is 16.5. The summed E-state index contributed by atoms with van der Waals surface area (Å²) in [6.07, 6.45) is 3.07. The van der Waals surface area contributed by atoms with Crippen LogP contribution in [0.2, 0.25) is 0 Å². The van der Waals surface area contributed by atoms with Crippen LogP contribution in [0.3, 0.4) is 0 Å². The summed E-state index contributed by atoms with van der Waals surface area (Å²) < 4.78 is 5.58. The maximum atomic E-state index is 12.0. The largest absolute Gasteiger partial charge is 0.481 e. The van der Waals surface area contributed by atoms with E-state index in [9.17, 15) is 9.90 Å². The number of carbonyl (C=O) groups is 1. The summed E-state index contributed by atoms with van der Waals surface area (Å²) in [4.78, 5) is 12.0. The Bertz CT molecular complexity index is 421. The molecule has 3 unspecified atom stereocenters. The van der Waals surface area contributed by atoms with E-state index in [4.69, 9.17) is 4.74 Å². The smallest absolute Gasteiger partial charge is 0.260 e. The number of para-hydroxylation sites is 1. The van der Waals surface area contributed by atoms with Crippen molar-refractivity contribution >= 4 is 5.91 Å². The van der Waals surface area contributed by atoms with E-state index in [-0.39, 0.29) is 12.0 Å². The molecule has 1 aromatic carbocycles. The van der Waals surface area contributed by atoms with Crippen LogP contribution < -0.4 is 10.1 Å². The predicted molar refractivity (Wildman–Crippen MR) is 77.5 cm³/mol. The van der Waals surface area contributed by atoms with Crippen molar-refractivity contribution < 1.29 is 14.6 Å². The third-order valence-electron chi connectivity index (χ3n) is 3.75. The van der Waals surface area contributed by atoms with Crippen molar-refractivity contribution in [2.24, 2.45) is 5.92 Å². The van der Waals surface area contributed by atoms with Crippen LogP contribution in [0.25, 0.3) is 0 Å². The summed E-state index contributed by atoms with van der Waals surface area (Å²) in [5.74, 6) is 0.976. The van der Waals surface area contributed by atoms with Gasteiger partial charge in [0.1, 0.15) is 5.75 Å². The molecule has 0 radical (unpaired) electrons. The minimum absolute atomic E-state index is 0.103. The topological polar surface area (TPSA) is 58.6 Å². The quantitative estimate of drug-likeness (QED) is 0.866. The van der Waals surface area contributed by atoms with E-state index in [2.05, 4.69) is 5.32 Å². The lowest BCUT2D eigenvalue weighted by Crippen LogP contribution is -2.40. The number of hydrogen-bond donors (Lipinski definition) is 2. The first kappa shape index (κ1) is 14.9. The fourth-order valence-corrected chi connectivity index (χ4v) is 2.59. The van der Waals surface area contributed by atoms with E-state index in [1.807, 2.05) is 30.3 Å². The number of benzene rings is 1. The lowest BCUT2D eigenvalue weighted by molar-refractivity contribution is -0.127. The Balaban J connectivity index is 1.74. The number of hydrogen-bond acceptors (Lipinski definition) is 3. The molecule has 4 heteroatoms. The number of ether oxygens (including phenoxy) is 1. The van der Waals surface area contributed by atoms with Crippen LogP contribution in [0.1, 0.15) is 32.6 Å². The Morgan fingerprint density at radius 1 is 1.40 bits per heavy atom. The SMILES string of the molecule is CC(Oc1ccccc1)C(=O)NCC1CCCC(O)C1. The second kappa shape index (κ2) is 7.29. The average molecular weight is 277 g/mol. The third kappa shape index (κ3) is 4.53. The van der Waals surface area contributed by atoms with Crippen LogP contribution in [-0.2, 0) is 4.79 Å². The lowest BCUT2D eigenvalue weighted by Gasteiger charge is -2.26. The molecule has 0 aromatic heterocycles. The Morgan fingerprint density at radius 2 is 2.15 bits per heavy atom. The molecule has 2 N–H and O–H groups in total. The zero-order valence-electron chi connectivity index (χ0n) is 11.9. The molecule has 0 saturated heterocycles. The third-order valence-corrected chi connectivity index (χ3v) is 3.75. The minimum Gasteiger partial charge on any atom is -0.481 e. The van der Waals surface area contributed by atoms with Crippen LogP contribution >= 0.6 is 0 Å². The first-order valence-electron chi connectivity index (χ1n) is 7.32. The van der Waals surface area contributed by atoms with Gasteiger partial charge in [0.2, 0.25) is 0 Å². The molecule has 1 fully saturated rings. The number of rotatable bonds is 5. The predicted octanol–water partition coefficient (Wildman–Crippen LogP) is 2.12. The van der Waals surface area contributed by atoms with Gasteiger partial charge < -0.3 is 15.2 Å². The summed E-state index contributed by atoms with van der Waals surface area (Å²) >= 11 is 0. The molecule has 3 atom stereocenters. The van der Waals surface area contributed by atoms with Gasteiger partial charge in [0, 0.05) is 6.54 Å². The van der Waals surface area contributed by atoms with Gasteiger partial charge in [0.05, 0.1) is 6.10 Å². The van der Waals surface area contributed by atoms with E-state index < -0.39 is 6.10 Å². The Hall–Kier alpha value is -1.55. The van der Waals surface area contributed by atoms with E-state index in [1.54, 1.807) is 6.92 Å². The molecule has 110 valence electrons. The van der Waals surface area contributed by atoms with Gasteiger partial charge in [0.15, 0.2) is 6.10 Å². The first-order valence-corrected chi connectivity index (χ1v) is 7.32. The second-order valence-electron chi connectivity index (χ2n) is 5.50. The molecule has 0 heterocycles. The normalized spacial score (nSPS) is 23.9. The first-order chi connectivity index (χ1) is 9.65. The highest BCUT2D eigenvalue weighted by molar-refractivity contribution is 5.80. The van der Waals surface area contributed by atoms with E-state index in [1.165, 1.54) is 0 Å². The van der Waals surface area contributed by atoms with Crippen LogP contribution in [0.15, 0.2) is 30.3 Å². The zero-order chi connectivity index (χ0) is 14.4. The van der Waals surface area contributed by atoms with Crippen molar-refractivity contribution in [3.8, 4) is 5.75 Å². The fraction of sp³-hybridized carbons (Fsp3) is 0.562. The monoisotopic (exact) mass is 277 g/mol. The van der Waals surface area contributed by atoms with Crippen LogP contribution in [0, 0.1) is 5.92 Å². The molecule has 1 aliphatic carbocycles. The average Bonchev–Trinajstić information content (AvgIpc) is 2.46. The van der Waals surface area contributed by atoms with Gasteiger partial charge in [-0.15, -0.1) is 0 Å². The van der Waals surface area contributed by atoms with Crippen molar-refractivity contribution in [1.82, 2.24) is 5.32 Å². The standard InChI is InChI=1S/C16H23NO3/c1-12(20-15-8-3-2-4-9-15)16(19)17-11-13-6-5-7-14(18)10-13/h2-4,8-9,12-14,18H,5-7,10-11H2,1H3,(H,17,19). The van der Waals surface area contributed by atoms with E-state index >= 15 is 0 Å². The zero-order valence-corrected chi connectivity index (χ0v) is 11.9. The van der Waals surface area contributed by atoms with E-state index in [0.29, 0.717) is 18.2 Å². The molecule has 0 aliphatic heterocycles. The Morgan fingerprint density at radius 3 is 2.85 bits per heavy atom. The van der Waals surface area contributed by atoms with Crippen LogP contribution in [0.5, 0.6) is 5.75 Å². The van der Waals surface area contributed by atoms with E-state index in [0.717, 1.165) is 25.7 Å². The molecule has 0 bridgehead atoms. The summed E-state index contributed by atoms with van der Waals surface area (Å²) in [6.45, 7) is 2.37. The maximum absolute atomic E-state index is 12.0. The summed E-state index contributed by atoms with van der Waals surface area (Å²) in [7, 11) is 0. The fourth-order valence-electron chi connectivity index (χ4n) is 2.59. The molecule has 2 rings (SSSR count). The Labute approximate surface area is 120 Å². The van der Waals surface area contributed by atoms with Crippen molar-refractivity contribution in [2.75, 3.05) is 6.54 Å². The molecular weight excluding hydrogens is 254 g/mol. The van der Waals surface area contributed by atoms with Crippen molar-refractivity contribution in [1.29, 1.82) is 0 Å². The van der Waals surface area contributed by atoms with Crippen molar-refractivity contribution in [3.05, 3.63) is 30.3 Å².